The number of hydrogen-bond acceptors (Lipinski definition) is 6. The largest absolute Gasteiger partial charge is 0.461 e. The lowest BCUT2D eigenvalue weighted by molar-refractivity contribution is 0.219. The molecule has 21 heavy (non-hydrogen) atoms. The van der Waals surface area contributed by atoms with Crippen molar-refractivity contribution in [3.63, 3.8) is 0 Å². The third-order valence-corrected chi connectivity index (χ3v) is 4.09. The quantitative estimate of drug-likeness (QED) is 0.936. The number of nitrogen functional groups attached to an aromatic ring is 1. The molecule has 0 atom stereocenters. The number of aromatic nitrogens is 3. The van der Waals surface area contributed by atoms with Crippen LogP contribution in [0.25, 0.3) is 0 Å². The molecular weight excluding hydrogens is 284 g/mol. The summed E-state index contributed by atoms with van der Waals surface area (Å²) in [5, 5.41) is 0.566. The summed E-state index contributed by atoms with van der Waals surface area (Å²) in [6.07, 6.45) is 3.59. The zero-order valence-corrected chi connectivity index (χ0v) is 13.0. The number of nitrogens with two attached hydrogens (primary N) is 1. The van der Waals surface area contributed by atoms with Crippen LogP contribution in [0.3, 0.4) is 0 Å². The first-order chi connectivity index (χ1) is 10.1. The molecule has 2 aromatic rings. The van der Waals surface area contributed by atoms with Crippen molar-refractivity contribution in [2.24, 2.45) is 0 Å². The van der Waals surface area contributed by atoms with Crippen LogP contribution < -0.4 is 10.5 Å². The summed E-state index contributed by atoms with van der Waals surface area (Å²) in [7, 11) is 0. The summed E-state index contributed by atoms with van der Waals surface area (Å²) in [5.41, 5.74) is 8.61. The Labute approximate surface area is 128 Å². The first kappa shape index (κ1) is 14.1. The van der Waals surface area contributed by atoms with Crippen LogP contribution in [0, 0.1) is 0 Å². The number of benzene rings is 1. The van der Waals surface area contributed by atoms with Gasteiger partial charge in [0.2, 0.25) is 11.1 Å². The predicted octanol–water partition coefficient (Wildman–Crippen LogP) is 2.88. The van der Waals surface area contributed by atoms with E-state index in [1.54, 1.807) is 0 Å². The van der Waals surface area contributed by atoms with Gasteiger partial charge in [0.25, 0.3) is 0 Å². The first-order valence-electron chi connectivity index (χ1n) is 7.08. The van der Waals surface area contributed by atoms with E-state index in [0.717, 1.165) is 11.3 Å². The maximum absolute atomic E-state index is 5.72. The Kier molecular flexibility index (Phi) is 3.96. The molecule has 1 aromatic carbocycles. The number of anilines is 1. The molecule has 6 heteroatoms. The normalized spacial score (nSPS) is 13.5. The topological polar surface area (TPSA) is 73.9 Å². The van der Waals surface area contributed by atoms with Crippen LogP contribution in [0.1, 0.15) is 31.4 Å². The SMILES string of the molecule is CC(C)Oc1nc(N)nc(Sc2ccc3c(c2)CCC3)n1. The third kappa shape index (κ3) is 3.44. The van der Waals surface area contributed by atoms with Gasteiger partial charge in [-0.05, 0) is 68.1 Å². The average molecular weight is 302 g/mol. The molecule has 1 aliphatic carbocycles. The Morgan fingerprint density at radius 1 is 1.14 bits per heavy atom. The monoisotopic (exact) mass is 302 g/mol. The second-order valence-electron chi connectivity index (χ2n) is 5.31. The molecular formula is C15H18N4OS. The molecule has 0 fully saturated rings. The molecule has 5 nitrogen and oxygen atoms in total. The maximum atomic E-state index is 5.72. The molecule has 0 amide bonds. The fraction of sp³-hybridized carbons (Fsp3) is 0.400. The lowest BCUT2D eigenvalue weighted by Gasteiger charge is -2.09. The second-order valence-corrected chi connectivity index (χ2v) is 6.35. The van der Waals surface area contributed by atoms with E-state index in [0.29, 0.717) is 5.16 Å². The number of ether oxygens (including phenoxy) is 1. The first-order valence-corrected chi connectivity index (χ1v) is 7.89. The van der Waals surface area contributed by atoms with Gasteiger partial charge in [-0.2, -0.15) is 15.0 Å². The Hall–Kier alpha value is -1.82. The minimum atomic E-state index is 0.00430. The summed E-state index contributed by atoms with van der Waals surface area (Å²) in [5.74, 6) is 0.185. The number of aryl methyl sites for hydroxylation is 2. The standard InChI is InChI=1S/C15H18N4OS/c1-9(2)20-14-17-13(16)18-15(19-14)21-12-7-6-10-4-3-5-11(10)8-12/h6-9H,3-5H2,1-2H3,(H2,16,17,18,19). The van der Waals surface area contributed by atoms with Gasteiger partial charge in [0, 0.05) is 4.90 Å². The van der Waals surface area contributed by atoms with Gasteiger partial charge in [0.15, 0.2) is 0 Å². The lowest BCUT2D eigenvalue weighted by Crippen LogP contribution is -2.10. The van der Waals surface area contributed by atoms with Crippen molar-refractivity contribution in [2.75, 3.05) is 5.73 Å². The van der Waals surface area contributed by atoms with Crippen LogP contribution in [-0.4, -0.2) is 21.1 Å². The van der Waals surface area contributed by atoms with Crippen molar-refractivity contribution in [3.05, 3.63) is 29.3 Å². The Morgan fingerprint density at radius 2 is 1.95 bits per heavy atom. The fourth-order valence-electron chi connectivity index (χ4n) is 2.38. The van der Waals surface area contributed by atoms with Crippen molar-refractivity contribution < 1.29 is 4.74 Å². The van der Waals surface area contributed by atoms with Crippen molar-refractivity contribution >= 4 is 17.7 Å². The van der Waals surface area contributed by atoms with Crippen LogP contribution in [0.4, 0.5) is 5.95 Å². The van der Waals surface area contributed by atoms with Gasteiger partial charge < -0.3 is 10.5 Å². The van der Waals surface area contributed by atoms with Gasteiger partial charge in [-0.1, -0.05) is 6.07 Å². The molecule has 0 radical (unpaired) electrons. The molecule has 1 aliphatic rings. The van der Waals surface area contributed by atoms with Gasteiger partial charge in [0.1, 0.15) is 0 Å². The number of rotatable bonds is 4. The maximum Gasteiger partial charge on any atom is 0.322 e. The van der Waals surface area contributed by atoms with Gasteiger partial charge in [-0.25, -0.2) is 0 Å². The Morgan fingerprint density at radius 3 is 2.76 bits per heavy atom. The smallest absolute Gasteiger partial charge is 0.322 e. The highest BCUT2D eigenvalue weighted by molar-refractivity contribution is 7.99. The average Bonchev–Trinajstić information content (AvgIpc) is 2.84. The van der Waals surface area contributed by atoms with Crippen LogP contribution in [0.2, 0.25) is 0 Å². The number of nitrogens with zero attached hydrogens (tertiary/aromatic N) is 3. The highest BCUT2D eigenvalue weighted by atomic mass is 32.2. The molecule has 0 spiro atoms. The third-order valence-electron chi connectivity index (χ3n) is 3.23. The molecule has 1 aromatic heterocycles. The van der Waals surface area contributed by atoms with Crippen LogP contribution in [0.5, 0.6) is 6.01 Å². The molecule has 2 N–H and O–H groups in total. The van der Waals surface area contributed by atoms with E-state index in [-0.39, 0.29) is 18.1 Å². The zero-order chi connectivity index (χ0) is 14.8. The van der Waals surface area contributed by atoms with E-state index in [4.69, 9.17) is 10.5 Å². The van der Waals surface area contributed by atoms with E-state index in [1.165, 1.54) is 35.7 Å². The van der Waals surface area contributed by atoms with Gasteiger partial charge in [-0.15, -0.1) is 0 Å². The molecule has 0 unspecified atom stereocenters. The Bertz CT molecular complexity index is 660. The van der Waals surface area contributed by atoms with E-state index < -0.39 is 0 Å². The molecule has 110 valence electrons. The highest BCUT2D eigenvalue weighted by Gasteiger charge is 2.13. The summed E-state index contributed by atoms with van der Waals surface area (Å²) < 4.78 is 5.49. The Balaban J connectivity index is 1.82. The van der Waals surface area contributed by atoms with Gasteiger partial charge in [-0.3, -0.25) is 0 Å². The number of hydrogen-bond donors (Lipinski definition) is 1. The molecule has 0 saturated carbocycles. The summed E-state index contributed by atoms with van der Waals surface area (Å²) in [6, 6.07) is 6.80. The van der Waals surface area contributed by atoms with Crippen molar-refractivity contribution in [2.45, 2.75) is 49.3 Å². The van der Waals surface area contributed by atoms with E-state index in [9.17, 15) is 0 Å². The van der Waals surface area contributed by atoms with Crippen LogP contribution in [-0.2, 0) is 12.8 Å². The van der Waals surface area contributed by atoms with Gasteiger partial charge in [0.05, 0.1) is 6.10 Å². The van der Waals surface area contributed by atoms with Crippen molar-refractivity contribution in [1.82, 2.24) is 15.0 Å². The van der Waals surface area contributed by atoms with Crippen LogP contribution >= 0.6 is 11.8 Å². The van der Waals surface area contributed by atoms with Crippen molar-refractivity contribution in [1.29, 1.82) is 0 Å². The van der Waals surface area contributed by atoms with Crippen LogP contribution in [0.15, 0.2) is 28.3 Å². The summed E-state index contributed by atoms with van der Waals surface area (Å²) in [6.45, 7) is 3.85. The summed E-state index contributed by atoms with van der Waals surface area (Å²) >= 11 is 1.49. The second kappa shape index (κ2) is 5.89. The van der Waals surface area contributed by atoms with E-state index >= 15 is 0 Å². The van der Waals surface area contributed by atoms with Gasteiger partial charge >= 0.3 is 6.01 Å². The number of fused-ring (bicyclic) bond motifs is 1. The van der Waals surface area contributed by atoms with E-state index in [2.05, 4.69) is 33.2 Å². The predicted molar refractivity (Wildman–Crippen MR) is 82.6 cm³/mol. The summed E-state index contributed by atoms with van der Waals surface area (Å²) in [4.78, 5) is 13.6. The molecule has 0 bridgehead atoms. The molecule has 0 aliphatic heterocycles. The molecule has 3 rings (SSSR count). The molecule has 0 saturated heterocycles. The lowest BCUT2D eigenvalue weighted by atomic mass is 10.1. The highest BCUT2D eigenvalue weighted by Crippen LogP contribution is 2.31. The minimum absolute atomic E-state index is 0.00430. The fourth-order valence-corrected chi connectivity index (χ4v) is 3.19. The minimum Gasteiger partial charge on any atom is -0.461 e. The molecule has 1 heterocycles. The van der Waals surface area contributed by atoms with Crippen molar-refractivity contribution in [3.8, 4) is 6.01 Å². The van der Waals surface area contributed by atoms with E-state index in [1.807, 2.05) is 13.8 Å². The zero-order valence-electron chi connectivity index (χ0n) is 12.2.